The zero-order valence-electron chi connectivity index (χ0n) is 13.9. The van der Waals surface area contributed by atoms with Crippen molar-refractivity contribution in [3.63, 3.8) is 0 Å². The van der Waals surface area contributed by atoms with Gasteiger partial charge in [0.2, 0.25) is 0 Å². The Bertz CT molecular complexity index is 647. The summed E-state index contributed by atoms with van der Waals surface area (Å²) in [7, 11) is 3.16. The van der Waals surface area contributed by atoms with Crippen LogP contribution in [0.5, 0.6) is 17.2 Å². The average Bonchev–Trinajstić information content (AvgIpc) is 2.64. The lowest BCUT2D eigenvalue weighted by Crippen LogP contribution is -2.37. The van der Waals surface area contributed by atoms with Gasteiger partial charge in [-0.2, -0.15) is 0 Å². The summed E-state index contributed by atoms with van der Waals surface area (Å²) in [4.78, 5) is 11.8. The molecule has 0 bridgehead atoms. The van der Waals surface area contributed by atoms with Crippen molar-refractivity contribution in [1.29, 1.82) is 0 Å². The van der Waals surface area contributed by atoms with E-state index in [2.05, 4.69) is 10.6 Å². The van der Waals surface area contributed by atoms with Crippen LogP contribution in [0.25, 0.3) is 0 Å². The van der Waals surface area contributed by atoms with Gasteiger partial charge in [0.25, 0.3) is 0 Å². The SMILES string of the molecule is COc1ccc(CNC(=O)NCCOc2ccccc2)cc1OC. The van der Waals surface area contributed by atoms with E-state index in [1.807, 2.05) is 42.5 Å². The van der Waals surface area contributed by atoms with E-state index in [4.69, 9.17) is 14.2 Å². The van der Waals surface area contributed by atoms with Gasteiger partial charge < -0.3 is 24.8 Å². The third-order valence-electron chi connectivity index (χ3n) is 3.30. The fourth-order valence-electron chi connectivity index (χ4n) is 2.09. The molecule has 6 nitrogen and oxygen atoms in total. The van der Waals surface area contributed by atoms with Crippen molar-refractivity contribution in [2.45, 2.75) is 6.54 Å². The van der Waals surface area contributed by atoms with Crippen molar-refractivity contribution in [3.8, 4) is 17.2 Å². The van der Waals surface area contributed by atoms with Gasteiger partial charge in [-0.25, -0.2) is 4.79 Å². The monoisotopic (exact) mass is 330 g/mol. The van der Waals surface area contributed by atoms with Gasteiger partial charge in [0.15, 0.2) is 11.5 Å². The number of nitrogens with one attached hydrogen (secondary N) is 2. The Kier molecular flexibility index (Phi) is 6.76. The molecule has 0 spiro atoms. The predicted octanol–water partition coefficient (Wildman–Crippen LogP) is 2.58. The van der Waals surface area contributed by atoms with E-state index < -0.39 is 0 Å². The minimum Gasteiger partial charge on any atom is -0.493 e. The normalized spacial score (nSPS) is 9.92. The lowest BCUT2D eigenvalue weighted by atomic mass is 10.2. The number of rotatable bonds is 8. The van der Waals surface area contributed by atoms with Crippen LogP contribution in [-0.2, 0) is 6.54 Å². The Morgan fingerprint density at radius 3 is 2.42 bits per heavy atom. The molecule has 0 aliphatic rings. The number of amides is 2. The molecular formula is C18H22N2O4. The smallest absolute Gasteiger partial charge is 0.315 e. The van der Waals surface area contributed by atoms with Gasteiger partial charge >= 0.3 is 6.03 Å². The maximum atomic E-state index is 11.8. The van der Waals surface area contributed by atoms with E-state index in [-0.39, 0.29) is 6.03 Å². The molecule has 2 aromatic rings. The molecule has 0 saturated heterocycles. The lowest BCUT2D eigenvalue weighted by Gasteiger charge is -2.11. The Hall–Kier alpha value is -2.89. The van der Waals surface area contributed by atoms with Gasteiger partial charge in [0.1, 0.15) is 12.4 Å². The molecule has 0 unspecified atom stereocenters. The lowest BCUT2D eigenvalue weighted by molar-refractivity contribution is 0.236. The standard InChI is InChI=1S/C18H22N2O4/c1-22-16-9-8-14(12-17(16)23-2)13-20-18(21)19-10-11-24-15-6-4-3-5-7-15/h3-9,12H,10-11,13H2,1-2H3,(H2,19,20,21). The van der Waals surface area contributed by atoms with E-state index in [9.17, 15) is 4.79 Å². The third kappa shape index (κ3) is 5.39. The Balaban J connectivity index is 1.69. The van der Waals surface area contributed by atoms with Gasteiger partial charge in [-0.05, 0) is 29.8 Å². The zero-order valence-corrected chi connectivity index (χ0v) is 13.9. The van der Waals surface area contributed by atoms with E-state index >= 15 is 0 Å². The number of hydrogen-bond donors (Lipinski definition) is 2. The maximum Gasteiger partial charge on any atom is 0.315 e. The van der Waals surface area contributed by atoms with Crippen molar-refractivity contribution in [2.24, 2.45) is 0 Å². The average molecular weight is 330 g/mol. The second-order valence-corrected chi connectivity index (χ2v) is 4.96. The van der Waals surface area contributed by atoms with Crippen molar-refractivity contribution < 1.29 is 19.0 Å². The molecule has 0 fully saturated rings. The van der Waals surface area contributed by atoms with Gasteiger partial charge in [-0.15, -0.1) is 0 Å². The zero-order chi connectivity index (χ0) is 17.2. The van der Waals surface area contributed by atoms with E-state index in [0.717, 1.165) is 11.3 Å². The summed E-state index contributed by atoms with van der Waals surface area (Å²) >= 11 is 0. The molecule has 2 N–H and O–H groups in total. The van der Waals surface area contributed by atoms with Crippen molar-refractivity contribution in [3.05, 3.63) is 54.1 Å². The second-order valence-electron chi connectivity index (χ2n) is 4.96. The van der Waals surface area contributed by atoms with Gasteiger partial charge in [0.05, 0.1) is 20.8 Å². The number of para-hydroxylation sites is 1. The van der Waals surface area contributed by atoms with Crippen molar-refractivity contribution >= 4 is 6.03 Å². The number of benzene rings is 2. The van der Waals surface area contributed by atoms with Crippen LogP contribution in [0, 0.1) is 0 Å². The second kappa shape index (κ2) is 9.29. The number of urea groups is 1. The largest absolute Gasteiger partial charge is 0.493 e. The molecule has 0 saturated carbocycles. The molecule has 128 valence electrons. The van der Waals surface area contributed by atoms with E-state index in [1.165, 1.54) is 0 Å². The topological polar surface area (TPSA) is 68.8 Å². The summed E-state index contributed by atoms with van der Waals surface area (Å²) in [6.45, 7) is 1.23. The van der Waals surface area contributed by atoms with Crippen molar-refractivity contribution in [1.82, 2.24) is 10.6 Å². The molecule has 0 aromatic heterocycles. The molecule has 6 heteroatoms. The number of carbonyl (C=O) groups is 1. The number of hydrogen-bond acceptors (Lipinski definition) is 4. The quantitative estimate of drug-likeness (QED) is 0.730. The third-order valence-corrected chi connectivity index (χ3v) is 3.30. The van der Waals surface area contributed by atoms with Crippen LogP contribution >= 0.6 is 0 Å². The molecule has 2 amide bonds. The molecule has 0 aliphatic heterocycles. The van der Waals surface area contributed by atoms with Crippen LogP contribution in [0.1, 0.15) is 5.56 Å². The Morgan fingerprint density at radius 1 is 0.958 bits per heavy atom. The molecule has 0 aliphatic carbocycles. The molecule has 0 heterocycles. The van der Waals surface area contributed by atoms with Crippen LogP contribution in [0.4, 0.5) is 4.79 Å². The van der Waals surface area contributed by atoms with E-state index in [1.54, 1.807) is 20.3 Å². The highest BCUT2D eigenvalue weighted by Crippen LogP contribution is 2.27. The summed E-state index contributed by atoms with van der Waals surface area (Å²) in [5.74, 6) is 2.07. The van der Waals surface area contributed by atoms with Crippen LogP contribution in [-0.4, -0.2) is 33.4 Å². The molecule has 24 heavy (non-hydrogen) atoms. The summed E-state index contributed by atoms with van der Waals surface area (Å²) in [6.07, 6.45) is 0. The van der Waals surface area contributed by atoms with Crippen LogP contribution in [0.2, 0.25) is 0 Å². The highest BCUT2D eigenvalue weighted by Gasteiger charge is 2.06. The van der Waals surface area contributed by atoms with E-state index in [0.29, 0.717) is 31.2 Å². The molecule has 2 aromatic carbocycles. The highest BCUT2D eigenvalue weighted by molar-refractivity contribution is 5.73. The first-order chi connectivity index (χ1) is 11.7. The number of ether oxygens (including phenoxy) is 3. The minimum atomic E-state index is -0.249. The Labute approximate surface area is 141 Å². The first-order valence-corrected chi connectivity index (χ1v) is 7.63. The summed E-state index contributed by atoms with van der Waals surface area (Å²) < 4.78 is 15.9. The first kappa shape index (κ1) is 17.5. The fourth-order valence-corrected chi connectivity index (χ4v) is 2.09. The maximum absolute atomic E-state index is 11.8. The fraction of sp³-hybridized carbons (Fsp3) is 0.278. The van der Waals surface area contributed by atoms with Gasteiger partial charge in [-0.3, -0.25) is 0 Å². The van der Waals surface area contributed by atoms with Crippen molar-refractivity contribution in [2.75, 3.05) is 27.4 Å². The molecular weight excluding hydrogens is 308 g/mol. The van der Waals surface area contributed by atoms with Gasteiger partial charge in [-0.1, -0.05) is 24.3 Å². The molecule has 2 rings (SSSR count). The number of carbonyl (C=O) groups excluding carboxylic acids is 1. The molecule has 0 atom stereocenters. The molecule has 0 radical (unpaired) electrons. The summed E-state index contributed by atoms with van der Waals surface area (Å²) in [5, 5.41) is 5.53. The number of methoxy groups -OCH3 is 2. The van der Waals surface area contributed by atoms with Crippen LogP contribution < -0.4 is 24.8 Å². The minimum absolute atomic E-state index is 0.249. The summed E-state index contributed by atoms with van der Waals surface area (Å²) in [5.41, 5.74) is 0.920. The first-order valence-electron chi connectivity index (χ1n) is 7.63. The van der Waals surface area contributed by atoms with Crippen LogP contribution in [0.3, 0.4) is 0 Å². The highest BCUT2D eigenvalue weighted by atomic mass is 16.5. The summed E-state index contributed by atoms with van der Waals surface area (Å²) in [6, 6.07) is 14.7. The predicted molar refractivity (Wildman–Crippen MR) is 91.7 cm³/mol. The van der Waals surface area contributed by atoms with Gasteiger partial charge in [0, 0.05) is 6.54 Å². The van der Waals surface area contributed by atoms with Crippen LogP contribution in [0.15, 0.2) is 48.5 Å². The Morgan fingerprint density at radius 2 is 1.71 bits per heavy atom.